The Morgan fingerprint density at radius 3 is 2.56 bits per heavy atom. The average molecular weight is 557 g/mol. The van der Waals surface area contributed by atoms with Gasteiger partial charge in [-0.05, 0) is 110 Å². The second kappa shape index (κ2) is 10.0. The summed E-state index contributed by atoms with van der Waals surface area (Å²) in [4.78, 5) is 17.1. The molecular formula is C31H33FN6O3. The quantitative estimate of drug-likeness (QED) is 0.270. The highest BCUT2D eigenvalue weighted by Gasteiger charge is 2.45. The molecule has 2 aliphatic carbocycles. The van der Waals surface area contributed by atoms with E-state index in [0.29, 0.717) is 17.8 Å². The van der Waals surface area contributed by atoms with E-state index in [1.807, 2.05) is 44.2 Å². The van der Waals surface area contributed by atoms with Gasteiger partial charge in [0, 0.05) is 22.7 Å². The summed E-state index contributed by atoms with van der Waals surface area (Å²) in [6.07, 6.45) is 3.82. The number of fused-ring (bicyclic) bond motifs is 1. The second-order valence-corrected chi connectivity index (χ2v) is 11.9. The van der Waals surface area contributed by atoms with Gasteiger partial charge in [-0.25, -0.2) is 4.39 Å². The molecule has 0 amide bonds. The van der Waals surface area contributed by atoms with Gasteiger partial charge in [0.2, 0.25) is 5.82 Å². The molecule has 4 aromatic rings. The van der Waals surface area contributed by atoms with Gasteiger partial charge in [0.25, 0.3) is 0 Å². The fourth-order valence-electron chi connectivity index (χ4n) is 6.09. The molecule has 2 aromatic carbocycles. The van der Waals surface area contributed by atoms with Crippen LogP contribution in [0.25, 0.3) is 22.5 Å². The van der Waals surface area contributed by atoms with Crippen LogP contribution >= 0.6 is 0 Å². The number of aryl methyl sites for hydroxylation is 2. The third-order valence-electron chi connectivity index (χ3n) is 7.99. The number of rotatable bonds is 8. The summed E-state index contributed by atoms with van der Waals surface area (Å²) in [5.74, 6) is -0.896. The number of aliphatic hydroxyl groups is 1. The zero-order chi connectivity index (χ0) is 29.1. The number of carboxylic acids is 1. The molecule has 41 heavy (non-hydrogen) atoms. The van der Waals surface area contributed by atoms with Crippen molar-refractivity contribution in [3.8, 4) is 22.5 Å². The minimum Gasteiger partial charge on any atom is -0.481 e. The first kappa shape index (κ1) is 27.0. The number of pyridine rings is 1. The second-order valence-electron chi connectivity index (χ2n) is 11.9. The first-order valence-corrected chi connectivity index (χ1v) is 13.9. The van der Waals surface area contributed by atoms with Crippen molar-refractivity contribution in [2.75, 3.05) is 5.32 Å². The van der Waals surface area contributed by atoms with Crippen LogP contribution in [0.15, 0.2) is 42.6 Å². The summed E-state index contributed by atoms with van der Waals surface area (Å²) in [5.41, 5.74) is 7.28. The molecule has 0 spiro atoms. The van der Waals surface area contributed by atoms with Crippen molar-refractivity contribution in [3.05, 3.63) is 76.4 Å². The molecule has 9 nitrogen and oxygen atoms in total. The summed E-state index contributed by atoms with van der Waals surface area (Å²) in [7, 11) is 0. The molecule has 2 aliphatic rings. The Labute approximate surface area is 237 Å². The highest BCUT2D eigenvalue weighted by Crippen LogP contribution is 2.47. The summed E-state index contributed by atoms with van der Waals surface area (Å²) >= 11 is 0. The van der Waals surface area contributed by atoms with Crippen LogP contribution in [-0.4, -0.2) is 47.0 Å². The molecule has 0 radical (unpaired) electrons. The van der Waals surface area contributed by atoms with Crippen LogP contribution in [0.4, 0.5) is 10.1 Å². The Bertz CT molecular complexity index is 1620. The molecular weight excluding hydrogens is 523 g/mol. The van der Waals surface area contributed by atoms with Crippen molar-refractivity contribution in [2.45, 2.75) is 71.1 Å². The van der Waals surface area contributed by atoms with E-state index in [2.05, 4.69) is 25.7 Å². The van der Waals surface area contributed by atoms with Crippen molar-refractivity contribution in [1.82, 2.24) is 25.2 Å². The third-order valence-corrected chi connectivity index (χ3v) is 7.99. The van der Waals surface area contributed by atoms with E-state index in [4.69, 9.17) is 0 Å². The average Bonchev–Trinajstić information content (AvgIpc) is 3.40. The first-order valence-electron chi connectivity index (χ1n) is 13.9. The van der Waals surface area contributed by atoms with Crippen molar-refractivity contribution in [2.24, 2.45) is 5.92 Å². The Kier molecular flexibility index (Phi) is 6.60. The minimum atomic E-state index is -0.953. The van der Waals surface area contributed by atoms with Gasteiger partial charge in [0.1, 0.15) is 5.82 Å². The maximum absolute atomic E-state index is 15.3. The fraction of sp³-hybridized carbons (Fsp3) is 0.387. The highest BCUT2D eigenvalue weighted by atomic mass is 19.1. The van der Waals surface area contributed by atoms with Crippen LogP contribution in [0.2, 0.25) is 0 Å². The number of tetrazole rings is 1. The summed E-state index contributed by atoms with van der Waals surface area (Å²) < 4.78 is 15.3. The molecule has 3 N–H and O–H groups in total. The predicted octanol–water partition coefficient (Wildman–Crippen LogP) is 5.22. The fourth-order valence-corrected chi connectivity index (χ4v) is 6.09. The summed E-state index contributed by atoms with van der Waals surface area (Å²) in [5, 5.41) is 35.4. The summed E-state index contributed by atoms with van der Waals surface area (Å²) in [6, 6.07) is 11.0. The van der Waals surface area contributed by atoms with E-state index in [-0.39, 0.29) is 30.2 Å². The number of halogens is 1. The molecule has 0 unspecified atom stereocenters. The molecule has 212 valence electrons. The van der Waals surface area contributed by atoms with Gasteiger partial charge in [-0.1, -0.05) is 6.07 Å². The lowest BCUT2D eigenvalue weighted by atomic mass is 9.89. The monoisotopic (exact) mass is 556 g/mol. The first-order chi connectivity index (χ1) is 19.5. The van der Waals surface area contributed by atoms with E-state index in [0.717, 1.165) is 57.6 Å². The number of aromatic nitrogens is 5. The van der Waals surface area contributed by atoms with Crippen molar-refractivity contribution in [1.29, 1.82) is 0 Å². The number of anilines is 1. The van der Waals surface area contributed by atoms with Gasteiger partial charge in [0.15, 0.2) is 0 Å². The van der Waals surface area contributed by atoms with E-state index in [9.17, 15) is 15.0 Å². The Morgan fingerprint density at radius 2 is 1.93 bits per heavy atom. The molecule has 0 aliphatic heterocycles. The van der Waals surface area contributed by atoms with Gasteiger partial charge in [-0.15, -0.1) is 10.2 Å². The van der Waals surface area contributed by atoms with Crippen LogP contribution in [0, 0.1) is 25.6 Å². The van der Waals surface area contributed by atoms with Crippen LogP contribution in [0.1, 0.15) is 66.6 Å². The number of hydrogen-bond acceptors (Lipinski definition) is 7. The van der Waals surface area contributed by atoms with Crippen molar-refractivity contribution in [3.63, 3.8) is 0 Å². The molecule has 2 aromatic heterocycles. The van der Waals surface area contributed by atoms with E-state index >= 15 is 4.39 Å². The smallest absolute Gasteiger partial charge is 0.307 e. The molecule has 0 bridgehead atoms. The molecule has 1 fully saturated rings. The van der Waals surface area contributed by atoms with E-state index in [1.165, 1.54) is 4.80 Å². The van der Waals surface area contributed by atoms with Crippen LogP contribution in [0.3, 0.4) is 0 Å². The zero-order valence-electron chi connectivity index (χ0n) is 23.5. The number of carbonyl (C=O) groups is 1. The maximum atomic E-state index is 15.3. The molecule has 0 saturated heterocycles. The number of nitrogens with zero attached hydrogens (tertiary/aromatic N) is 5. The van der Waals surface area contributed by atoms with E-state index < -0.39 is 11.6 Å². The van der Waals surface area contributed by atoms with Gasteiger partial charge < -0.3 is 15.5 Å². The molecule has 3 atom stereocenters. The van der Waals surface area contributed by atoms with Crippen LogP contribution in [0.5, 0.6) is 0 Å². The van der Waals surface area contributed by atoms with Gasteiger partial charge >= 0.3 is 5.97 Å². The Balaban J connectivity index is 1.26. The SMILES string of the molecule is Cc1cc(-c2nnn(CC(C)(C)O)n2)cc(C)c1-c1ccc(F)c2c1CC[C@H]2Nc1ccc([C@H]2C[C@@H]2C(=O)O)nc1. The van der Waals surface area contributed by atoms with Gasteiger partial charge in [0.05, 0.1) is 36.0 Å². The Hall–Kier alpha value is -4.18. The largest absolute Gasteiger partial charge is 0.481 e. The lowest BCUT2D eigenvalue weighted by Crippen LogP contribution is -2.27. The van der Waals surface area contributed by atoms with Crippen molar-refractivity contribution < 1.29 is 19.4 Å². The Morgan fingerprint density at radius 1 is 1.17 bits per heavy atom. The lowest BCUT2D eigenvalue weighted by Gasteiger charge is -2.19. The van der Waals surface area contributed by atoms with Crippen LogP contribution < -0.4 is 5.32 Å². The maximum Gasteiger partial charge on any atom is 0.307 e. The topological polar surface area (TPSA) is 126 Å². The normalized spacial score (nSPS) is 19.7. The predicted molar refractivity (Wildman–Crippen MR) is 152 cm³/mol. The van der Waals surface area contributed by atoms with Crippen molar-refractivity contribution >= 4 is 11.7 Å². The number of hydrogen-bond donors (Lipinski definition) is 3. The zero-order valence-corrected chi connectivity index (χ0v) is 23.5. The standard InChI is InChI=1S/C31H33FN6O3/c1-16-11-18(29-35-37-38(36-29)15-31(3,4)41)12-17(2)27(16)20-6-8-24(32)28-21(20)7-10-26(28)34-19-5-9-25(33-14-19)22-13-23(22)30(39)40/h5-6,8-9,11-12,14,22-23,26,34,41H,7,10,13,15H2,1-4H3,(H,39,40)/t22-,23-,26+/m0/s1. The number of nitrogens with one attached hydrogen (secondary N) is 1. The highest BCUT2D eigenvalue weighted by molar-refractivity contribution is 5.79. The van der Waals surface area contributed by atoms with Crippen LogP contribution in [-0.2, 0) is 17.8 Å². The number of aliphatic carboxylic acids is 1. The third kappa shape index (κ3) is 5.31. The minimum absolute atomic E-state index is 0.0259. The molecule has 2 heterocycles. The van der Waals surface area contributed by atoms with Gasteiger partial charge in [-0.2, -0.15) is 4.80 Å². The number of carboxylic acid groups (broad SMARTS) is 1. The van der Waals surface area contributed by atoms with E-state index in [1.54, 1.807) is 26.1 Å². The molecule has 10 heteroatoms. The number of benzene rings is 2. The molecule has 1 saturated carbocycles. The summed E-state index contributed by atoms with van der Waals surface area (Å²) in [6.45, 7) is 7.70. The molecule has 6 rings (SSSR count). The van der Waals surface area contributed by atoms with Gasteiger partial charge in [-0.3, -0.25) is 9.78 Å². The lowest BCUT2D eigenvalue weighted by molar-refractivity contribution is -0.138.